The summed E-state index contributed by atoms with van der Waals surface area (Å²) in [6.45, 7) is 2.78. The molecule has 7 nitrogen and oxygen atoms in total. The first-order valence-corrected chi connectivity index (χ1v) is 8.25. The zero-order chi connectivity index (χ0) is 17.3. The quantitative estimate of drug-likeness (QED) is 0.759. The molecule has 1 aliphatic carbocycles. The number of pyridine rings is 1. The van der Waals surface area contributed by atoms with Gasteiger partial charge in [-0.25, -0.2) is 19.3 Å². The number of rotatable bonds is 5. The maximum atomic E-state index is 13.7. The highest BCUT2D eigenvalue weighted by Gasteiger charge is 2.36. The largest absolute Gasteiger partial charge is 0.393 e. The Bertz CT molecular complexity index is 777. The maximum absolute atomic E-state index is 13.7. The summed E-state index contributed by atoms with van der Waals surface area (Å²) in [6, 6.07) is 1.19. The number of H-pyrrole nitrogens is 1. The van der Waals surface area contributed by atoms with E-state index in [1.807, 2.05) is 6.92 Å². The summed E-state index contributed by atoms with van der Waals surface area (Å²) in [7, 11) is 0. The summed E-state index contributed by atoms with van der Waals surface area (Å²) in [5, 5.41) is 20.0. The Kier molecular flexibility index (Phi) is 4.86. The van der Waals surface area contributed by atoms with Crippen molar-refractivity contribution in [2.75, 3.05) is 11.9 Å². The number of aromatic nitrogens is 4. The minimum absolute atomic E-state index is 0.00581. The summed E-state index contributed by atoms with van der Waals surface area (Å²) in [4.78, 5) is 15.6. The van der Waals surface area contributed by atoms with E-state index >= 15 is 0 Å². The number of halogens is 2. The van der Waals surface area contributed by atoms with Gasteiger partial charge in [-0.05, 0) is 25.8 Å². The maximum Gasteiger partial charge on any atom is 0.343 e. The van der Waals surface area contributed by atoms with Crippen molar-refractivity contribution in [2.45, 2.75) is 38.3 Å². The molecule has 2 aromatic heterocycles. The average molecular weight is 356 g/mol. The van der Waals surface area contributed by atoms with Gasteiger partial charge in [0.05, 0.1) is 11.1 Å². The molecule has 130 valence electrons. The highest BCUT2D eigenvalue weighted by atomic mass is 35.5. The second kappa shape index (κ2) is 6.90. The lowest BCUT2D eigenvalue weighted by molar-refractivity contribution is 0.137. The molecule has 9 heteroatoms. The molecule has 24 heavy (non-hydrogen) atoms. The molecule has 0 aliphatic heterocycles. The molecule has 3 N–H and O–H groups in total. The minimum atomic E-state index is -0.546. The third-order valence-electron chi connectivity index (χ3n) is 4.47. The third-order valence-corrected chi connectivity index (χ3v) is 4.67. The molecule has 0 saturated heterocycles. The number of anilines is 1. The second-order valence-electron chi connectivity index (χ2n) is 5.99. The Morgan fingerprint density at radius 1 is 1.54 bits per heavy atom. The standard InChI is InChI=1S/C15H19ClFN5O2/c1-2-22-14(20-21-15(22)24)8-3-9(12(23)4-8)6-18-13-11(17)5-10(16)7-19-13/h5,7-9,12,23H,2-4,6H2,1H3,(H,18,19)(H,21,24)/t8-,9+,12+/m0/s1. The van der Waals surface area contributed by atoms with Crippen LogP contribution in [0.5, 0.6) is 0 Å². The molecular formula is C15H19ClFN5O2. The molecule has 2 heterocycles. The Balaban J connectivity index is 1.66. The van der Waals surface area contributed by atoms with Crippen molar-refractivity contribution in [3.63, 3.8) is 0 Å². The summed E-state index contributed by atoms with van der Waals surface area (Å²) >= 11 is 5.68. The predicted octanol–water partition coefficient (Wildman–Crippen LogP) is 1.75. The summed E-state index contributed by atoms with van der Waals surface area (Å²) in [6.07, 6.45) is 2.00. The number of aliphatic hydroxyl groups is 1. The Hall–Kier alpha value is -1.93. The van der Waals surface area contributed by atoms with Crippen molar-refractivity contribution in [3.05, 3.63) is 39.4 Å². The Morgan fingerprint density at radius 2 is 2.33 bits per heavy atom. The number of nitrogens with zero attached hydrogens (tertiary/aromatic N) is 3. The lowest BCUT2D eigenvalue weighted by Crippen LogP contribution is -2.22. The molecule has 0 amide bonds. The van der Waals surface area contributed by atoms with E-state index in [4.69, 9.17) is 11.6 Å². The van der Waals surface area contributed by atoms with Crippen LogP contribution >= 0.6 is 11.6 Å². The van der Waals surface area contributed by atoms with Crippen LogP contribution in [0.2, 0.25) is 5.02 Å². The van der Waals surface area contributed by atoms with Crippen molar-refractivity contribution >= 4 is 17.4 Å². The molecule has 2 aromatic rings. The van der Waals surface area contributed by atoms with Crippen LogP contribution < -0.4 is 11.0 Å². The molecule has 3 atom stereocenters. The first kappa shape index (κ1) is 16.9. The summed E-state index contributed by atoms with van der Waals surface area (Å²) < 4.78 is 15.3. The first-order chi connectivity index (χ1) is 11.5. The molecule has 0 bridgehead atoms. The van der Waals surface area contributed by atoms with Crippen LogP contribution in [0.4, 0.5) is 10.2 Å². The van der Waals surface area contributed by atoms with E-state index in [-0.39, 0.29) is 28.4 Å². The van der Waals surface area contributed by atoms with Crippen LogP contribution in [0.15, 0.2) is 17.1 Å². The molecule has 0 radical (unpaired) electrons. The topological polar surface area (TPSA) is 95.8 Å². The van der Waals surface area contributed by atoms with Crippen LogP contribution in [0.3, 0.4) is 0 Å². The normalized spacial score (nSPS) is 23.6. The molecule has 1 aliphatic rings. The van der Waals surface area contributed by atoms with Gasteiger partial charge in [0.15, 0.2) is 11.6 Å². The van der Waals surface area contributed by atoms with Gasteiger partial charge >= 0.3 is 5.69 Å². The summed E-state index contributed by atoms with van der Waals surface area (Å²) in [5.41, 5.74) is -0.240. The molecular weight excluding hydrogens is 337 g/mol. The number of hydrogen-bond acceptors (Lipinski definition) is 5. The second-order valence-corrected chi connectivity index (χ2v) is 6.43. The zero-order valence-corrected chi connectivity index (χ0v) is 13.9. The fourth-order valence-corrected chi connectivity index (χ4v) is 3.40. The molecule has 3 rings (SSSR count). The van der Waals surface area contributed by atoms with E-state index in [0.29, 0.717) is 31.8 Å². The third kappa shape index (κ3) is 3.29. The number of nitrogens with one attached hydrogen (secondary N) is 2. The van der Waals surface area contributed by atoms with E-state index < -0.39 is 11.9 Å². The van der Waals surface area contributed by atoms with Crippen molar-refractivity contribution in [1.29, 1.82) is 0 Å². The SMILES string of the molecule is CCn1c([C@H]2C[C@H](CNc3ncc(Cl)cc3F)[C@H](O)C2)n[nH]c1=O. The first-order valence-electron chi connectivity index (χ1n) is 7.87. The van der Waals surface area contributed by atoms with Gasteiger partial charge in [-0.1, -0.05) is 11.6 Å². The molecule has 0 spiro atoms. The number of aromatic amines is 1. The van der Waals surface area contributed by atoms with Gasteiger partial charge in [0.2, 0.25) is 0 Å². The van der Waals surface area contributed by atoms with E-state index in [0.717, 1.165) is 0 Å². The van der Waals surface area contributed by atoms with Crippen LogP contribution in [0.1, 0.15) is 31.5 Å². The summed E-state index contributed by atoms with van der Waals surface area (Å²) in [5.74, 6) is 0.163. The van der Waals surface area contributed by atoms with Gasteiger partial charge in [-0.2, -0.15) is 5.10 Å². The molecule has 1 fully saturated rings. The van der Waals surface area contributed by atoms with E-state index in [1.54, 1.807) is 4.57 Å². The lowest BCUT2D eigenvalue weighted by Gasteiger charge is -2.15. The van der Waals surface area contributed by atoms with Gasteiger partial charge in [0, 0.05) is 31.1 Å². The van der Waals surface area contributed by atoms with Gasteiger partial charge in [-0.3, -0.25) is 4.57 Å². The fraction of sp³-hybridized carbons (Fsp3) is 0.533. The average Bonchev–Trinajstić information content (AvgIpc) is 3.09. The van der Waals surface area contributed by atoms with Crippen molar-refractivity contribution < 1.29 is 9.50 Å². The zero-order valence-electron chi connectivity index (χ0n) is 13.2. The molecule has 1 saturated carbocycles. The van der Waals surface area contributed by atoms with Crippen molar-refractivity contribution in [1.82, 2.24) is 19.7 Å². The Morgan fingerprint density at radius 3 is 3.04 bits per heavy atom. The number of hydrogen-bond donors (Lipinski definition) is 3. The smallest absolute Gasteiger partial charge is 0.343 e. The predicted molar refractivity (Wildman–Crippen MR) is 87.7 cm³/mol. The minimum Gasteiger partial charge on any atom is -0.393 e. The Labute approximate surface area is 142 Å². The lowest BCUT2D eigenvalue weighted by atomic mass is 10.0. The highest BCUT2D eigenvalue weighted by molar-refractivity contribution is 6.30. The number of aliphatic hydroxyl groups excluding tert-OH is 1. The fourth-order valence-electron chi connectivity index (χ4n) is 3.25. The van der Waals surface area contributed by atoms with Crippen LogP contribution in [-0.4, -0.2) is 37.5 Å². The monoisotopic (exact) mass is 355 g/mol. The van der Waals surface area contributed by atoms with Crippen LogP contribution in [-0.2, 0) is 6.54 Å². The van der Waals surface area contributed by atoms with Gasteiger partial charge in [0.25, 0.3) is 0 Å². The molecule has 0 aromatic carbocycles. The molecule has 0 unspecified atom stereocenters. The van der Waals surface area contributed by atoms with Crippen LogP contribution in [0, 0.1) is 11.7 Å². The van der Waals surface area contributed by atoms with Crippen LogP contribution in [0.25, 0.3) is 0 Å². The highest BCUT2D eigenvalue weighted by Crippen LogP contribution is 2.37. The van der Waals surface area contributed by atoms with Gasteiger partial charge in [-0.15, -0.1) is 0 Å². The van der Waals surface area contributed by atoms with Gasteiger partial charge < -0.3 is 10.4 Å². The van der Waals surface area contributed by atoms with E-state index in [2.05, 4.69) is 20.5 Å². The van der Waals surface area contributed by atoms with E-state index in [1.165, 1.54) is 12.3 Å². The van der Waals surface area contributed by atoms with Crippen molar-refractivity contribution in [2.24, 2.45) is 5.92 Å². The van der Waals surface area contributed by atoms with E-state index in [9.17, 15) is 14.3 Å². The van der Waals surface area contributed by atoms with Crippen molar-refractivity contribution in [3.8, 4) is 0 Å². The van der Waals surface area contributed by atoms with Gasteiger partial charge in [0.1, 0.15) is 5.82 Å².